The molecule has 23 heavy (non-hydrogen) atoms. The maximum atomic E-state index is 12.3. The number of carbonyl (C=O) groups excluding carboxylic acids is 2. The zero-order valence-electron chi connectivity index (χ0n) is 12.5. The standard InChI is InChI=1S/C15H17F2NO5/c1-21-13(19)12-7-11(23-14(16)17)8-18(12)15(20)22-9-10-5-3-2-4-6-10/h2-6,11-12,14H,7-9H2,1H3/t11-,12+/m1/s1. The number of halogens is 2. The number of amides is 1. The van der Waals surface area contributed by atoms with Crippen LogP contribution in [0.1, 0.15) is 12.0 Å². The molecule has 1 aliphatic heterocycles. The zero-order valence-corrected chi connectivity index (χ0v) is 12.5. The molecular formula is C15H17F2NO5. The van der Waals surface area contributed by atoms with E-state index >= 15 is 0 Å². The van der Waals surface area contributed by atoms with Crippen molar-refractivity contribution in [3.8, 4) is 0 Å². The lowest BCUT2D eigenvalue weighted by Gasteiger charge is -2.21. The van der Waals surface area contributed by atoms with Crippen LogP contribution in [-0.2, 0) is 25.6 Å². The number of nitrogens with zero attached hydrogens (tertiary/aromatic N) is 1. The summed E-state index contributed by atoms with van der Waals surface area (Å²) in [6.07, 6.45) is -1.77. The molecule has 126 valence electrons. The molecule has 1 amide bonds. The summed E-state index contributed by atoms with van der Waals surface area (Å²) < 4.78 is 38.8. The lowest BCUT2D eigenvalue weighted by atomic mass is 10.2. The van der Waals surface area contributed by atoms with Crippen LogP contribution in [0, 0.1) is 0 Å². The van der Waals surface area contributed by atoms with Gasteiger partial charge in [-0.3, -0.25) is 4.90 Å². The molecule has 6 nitrogen and oxygen atoms in total. The van der Waals surface area contributed by atoms with Crippen LogP contribution >= 0.6 is 0 Å². The quantitative estimate of drug-likeness (QED) is 0.775. The van der Waals surface area contributed by atoms with Crippen molar-refractivity contribution in [2.45, 2.75) is 31.8 Å². The molecular weight excluding hydrogens is 312 g/mol. The summed E-state index contributed by atoms with van der Waals surface area (Å²) >= 11 is 0. The van der Waals surface area contributed by atoms with Gasteiger partial charge < -0.3 is 14.2 Å². The molecule has 2 atom stereocenters. The van der Waals surface area contributed by atoms with Crippen molar-refractivity contribution in [1.29, 1.82) is 0 Å². The fraction of sp³-hybridized carbons (Fsp3) is 0.467. The van der Waals surface area contributed by atoms with Gasteiger partial charge in [0.1, 0.15) is 12.6 Å². The van der Waals surface area contributed by atoms with E-state index in [1.165, 1.54) is 0 Å². The third-order valence-electron chi connectivity index (χ3n) is 3.47. The Balaban J connectivity index is 1.98. The SMILES string of the molecule is COC(=O)[C@@H]1C[C@@H](OC(F)F)CN1C(=O)OCc1ccccc1. The summed E-state index contributed by atoms with van der Waals surface area (Å²) in [4.78, 5) is 24.9. The Morgan fingerprint density at radius 2 is 2.00 bits per heavy atom. The number of methoxy groups -OCH3 is 1. The highest BCUT2D eigenvalue weighted by Crippen LogP contribution is 2.24. The summed E-state index contributed by atoms with van der Waals surface area (Å²) in [5.74, 6) is -0.693. The van der Waals surface area contributed by atoms with Crippen LogP contribution in [-0.4, -0.2) is 49.4 Å². The van der Waals surface area contributed by atoms with E-state index < -0.39 is 30.8 Å². The molecule has 0 N–H and O–H groups in total. The molecule has 0 unspecified atom stereocenters. The minimum atomic E-state index is -2.97. The summed E-state index contributed by atoms with van der Waals surface area (Å²) in [5.41, 5.74) is 0.773. The second kappa shape index (κ2) is 7.87. The molecule has 8 heteroatoms. The first-order valence-corrected chi connectivity index (χ1v) is 7.00. The molecule has 0 aromatic heterocycles. The van der Waals surface area contributed by atoms with Crippen LogP contribution in [0.5, 0.6) is 0 Å². The fourth-order valence-electron chi connectivity index (χ4n) is 2.40. The molecule has 0 spiro atoms. The number of likely N-dealkylation sites (tertiary alicyclic amines) is 1. The Morgan fingerprint density at radius 1 is 1.30 bits per heavy atom. The largest absolute Gasteiger partial charge is 0.467 e. The van der Waals surface area contributed by atoms with Crippen LogP contribution in [0.3, 0.4) is 0 Å². The molecule has 1 heterocycles. The molecule has 1 aliphatic rings. The van der Waals surface area contributed by atoms with Crippen LogP contribution in [0.15, 0.2) is 30.3 Å². The predicted molar refractivity (Wildman–Crippen MR) is 74.6 cm³/mol. The predicted octanol–water partition coefficient (Wildman–Crippen LogP) is 2.18. The van der Waals surface area contributed by atoms with Crippen molar-refractivity contribution < 1.29 is 32.6 Å². The minimum Gasteiger partial charge on any atom is -0.467 e. The molecule has 2 rings (SSSR count). The van der Waals surface area contributed by atoms with Crippen molar-refractivity contribution in [2.75, 3.05) is 13.7 Å². The van der Waals surface area contributed by atoms with E-state index in [9.17, 15) is 18.4 Å². The second-order valence-corrected chi connectivity index (χ2v) is 4.99. The Bertz CT molecular complexity index is 540. The zero-order chi connectivity index (χ0) is 16.8. The monoisotopic (exact) mass is 329 g/mol. The van der Waals surface area contributed by atoms with E-state index in [4.69, 9.17) is 4.74 Å². The Labute approximate surface area is 131 Å². The van der Waals surface area contributed by atoms with Crippen molar-refractivity contribution in [1.82, 2.24) is 4.90 Å². The molecule has 1 fully saturated rings. The van der Waals surface area contributed by atoms with Gasteiger partial charge in [0.25, 0.3) is 0 Å². The maximum absolute atomic E-state index is 12.3. The van der Waals surface area contributed by atoms with E-state index in [1.54, 1.807) is 24.3 Å². The van der Waals surface area contributed by atoms with Crippen LogP contribution < -0.4 is 0 Å². The highest BCUT2D eigenvalue weighted by atomic mass is 19.3. The van der Waals surface area contributed by atoms with Gasteiger partial charge >= 0.3 is 18.7 Å². The molecule has 0 bridgehead atoms. The van der Waals surface area contributed by atoms with Gasteiger partial charge in [0.05, 0.1) is 19.8 Å². The summed E-state index contributed by atoms with van der Waals surface area (Å²) in [6.45, 7) is -3.11. The van der Waals surface area contributed by atoms with Crippen LogP contribution in [0.4, 0.5) is 13.6 Å². The van der Waals surface area contributed by atoms with Gasteiger partial charge in [-0.15, -0.1) is 0 Å². The van der Waals surface area contributed by atoms with E-state index in [-0.39, 0.29) is 19.6 Å². The summed E-state index contributed by atoms with van der Waals surface area (Å²) in [6, 6.07) is 7.97. The molecule has 1 aromatic carbocycles. The van der Waals surface area contributed by atoms with Gasteiger partial charge in [-0.25, -0.2) is 9.59 Å². The number of hydrogen-bond donors (Lipinski definition) is 0. The van der Waals surface area contributed by atoms with Crippen LogP contribution in [0.2, 0.25) is 0 Å². The first-order valence-electron chi connectivity index (χ1n) is 7.00. The van der Waals surface area contributed by atoms with E-state index in [0.29, 0.717) is 0 Å². The summed E-state index contributed by atoms with van der Waals surface area (Å²) in [5, 5.41) is 0. The molecule has 1 aromatic rings. The minimum absolute atomic E-state index is 0.0183. The van der Waals surface area contributed by atoms with Crippen molar-refractivity contribution >= 4 is 12.1 Å². The van der Waals surface area contributed by atoms with Gasteiger partial charge in [-0.2, -0.15) is 8.78 Å². The lowest BCUT2D eigenvalue weighted by Crippen LogP contribution is -2.41. The highest BCUT2D eigenvalue weighted by Gasteiger charge is 2.42. The smallest absolute Gasteiger partial charge is 0.410 e. The van der Waals surface area contributed by atoms with Crippen molar-refractivity contribution in [3.05, 3.63) is 35.9 Å². The molecule has 1 saturated heterocycles. The number of benzene rings is 1. The van der Waals surface area contributed by atoms with Gasteiger partial charge in [0.15, 0.2) is 0 Å². The number of ether oxygens (including phenoxy) is 3. The number of esters is 1. The average molecular weight is 329 g/mol. The number of carbonyl (C=O) groups is 2. The van der Waals surface area contributed by atoms with Gasteiger partial charge in [0, 0.05) is 6.42 Å². The van der Waals surface area contributed by atoms with Crippen molar-refractivity contribution in [3.63, 3.8) is 0 Å². The third kappa shape index (κ3) is 4.62. The number of rotatable bonds is 5. The van der Waals surface area contributed by atoms with Crippen LogP contribution in [0.25, 0.3) is 0 Å². The Morgan fingerprint density at radius 3 is 2.61 bits per heavy atom. The molecule has 0 saturated carbocycles. The van der Waals surface area contributed by atoms with E-state index in [0.717, 1.165) is 17.6 Å². The fourth-order valence-corrected chi connectivity index (χ4v) is 2.40. The Hall–Kier alpha value is -2.22. The lowest BCUT2D eigenvalue weighted by molar-refractivity contribution is -0.159. The number of alkyl halides is 2. The number of hydrogen-bond acceptors (Lipinski definition) is 5. The van der Waals surface area contributed by atoms with Gasteiger partial charge in [-0.1, -0.05) is 30.3 Å². The molecule has 0 aliphatic carbocycles. The van der Waals surface area contributed by atoms with E-state index in [2.05, 4.69) is 9.47 Å². The van der Waals surface area contributed by atoms with Gasteiger partial charge in [0.2, 0.25) is 0 Å². The van der Waals surface area contributed by atoms with E-state index in [1.807, 2.05) is 6.07 Å². The average Bonchev–Trinajstić information content (AvgIpc) is 2.96. The maximum Gasteiger partial charge on any atom is 0.410 e. The summed E-state index contributed by atoms with van der Waals surface area (Å²) in [7, 11) is 1.16. The highest BCUT2D eigenvalue weighted by molar-refractivity contribution is 5.82. The molecule has 0 radical (unpaired) electrons. The first kappa shape index (κ1) is 17.1. The normalized spacial score (nSPS) is 20.6. The van der Waals surface area contributed by atoms with Crippen molar-refractivity contribution in [2.24, 2.45) is 0 Å². The van der Waals surface area contributed by atoms with Gasteiger partial charge in [-0.05, 0) is 5.56 Å². The Kier molecular flexibility index (Phi) is 5.86. The topological polar surface area (TPSA) is 65.1 Å². The third-order valence-corrected chi connectivity index (χ3v) is 3.47. The second-order valence-electron chi connectivity index (χ2n) is 4.99. The first-order chi connectivity index (χ1) is 11.0.